The quantitative estimate of drug-likeness (QED) is 0.466. The van der Waals surface area contributed by atoms with Gasteiger partial charge >= 0.3 is 0 Å². The Morgan fingerprint density at radius 1 is 0.900 bits per heavy atom. The number of carbonyl (C=O) groups excluding carboxylic acids is 1. The van der Waals surface area contributed by atoms with Crippen LogP contribution < -0.4 is 0 Å². The maximum Gasteiger partial charge on any atom is 0.191 e. The van der Waals surface area contributed by atoms with Crippen molar-refractivity contribution >= 4 is 17.4 Å². The third-order valence-corrected chi connectivity index (χ3v) is 3.10. The molecule has 0 N–H and O–H groups in total. The van der Waals surface area contributed by atoms with Crippen LogP contribution in [0.4, 0.5) is 17.6 Å². The van der Waals surface area contributed by atoms with E-state index in [-0.39, 0.29) is 5.56 Å². The molecule has 0 heterocycles. The van der Waals surface area contributed by atoms with Gasteiger partial charge in [-0.2, -0.15) is 0 Å². The average Bonchev–Trinajstić information content (AvgIpc) is 2.37. The highest BCUT2D eigenvalue weighted by molar-refractivity contribution is 6.34. The van der Waals surface area contributed by atoms with E-state index in [9.17, 15) is 22.4 Å². The molecule has 1 unspecified atom stereocenters. The van der Waals surface area contributed by atoms with E-state index >= 15 is 0 Å². The third-order valence-electron chi connectivity index (χ3n) is 2.65. The number of ketones is 1. The molecule has 2 aromatic carbocycles. The minimum absolute atomic E-state index is 0.182. The summed E-state index contributed by atoms with van der Waals surface area (Å²) in [4.78, 5) is 12.0. The number of alkyl halides is 1. The Morgan fingerprint density at radius 2 is 1.40 bits per heavy atom. The second-order valence-electron chi connectivity index (χ2n) is 4.02. The lowest BCUT2D eigenvalue weighted by Gasteiger charge is -2.10. The summed E-state index contributed by atoms with van der Waals surface area (Å²) in [5.41, 5.74) is -0.739. The van der Waals surface area contributed by atoms with E-state index in [1.165, 1.54) is 12.1 Å². The monoisotopic (exact) mass is 302 g/mol. The predicted molar refractivity (Wildman–Crippen MR) is 65.6 cm³/mol. The van der Waals surface area contributed by atoms with Crippen molar-refractivity contribution in [1.29, 1.82) is 0 Å². The molecule has 0 amide bonds. The fourth-order valence-electron chi connectivity index (χ4n) is 1.69. The first-order chi connectivity index (χ1) is 9.40. The fraction of sp³-hybridized carbons (Fsp3) is 0.0714. The highest BCUT2D eigenvalue weighted by Gasteiger charge is 2.26. The van der Waals surface area contributed by atoms with Crippen LogP contribution in [0.15, 0.2) is 36.4 Å². The standard InChI is InChI=1S/C14H7ClF4O/c15-13(7-1-3-8(16)4-2-7)14(20)12-10(18)5-9(17)6-11(12)19/h1-6,13H. The first kappa shape index (κ1) is 14.5. The van der Waals surface area contributed by atoms with Gasteiger partial charge in [-0.3, -0.25) is 4.79 Å². The molecule has 20 heavy (non-hydrogen) atoms. The Balaban J connectivity index is 2.39. The fourth-order valence-corrected chi connectivity index (χ4v) is 1.94. The van der Waals surface area contributed by atoms with Crippen molar-refractivity contribution < 1.29 is 22.4 Å². The van der Waals surface area contributed by atoms with Crippen molar-refractivity contribution in [2.45, 2.75) is 5.38 Å². The summed E-state index contributed by atoms with van der Waals surface area (Å²) in [6.07, 6.45) is 0. The van der Waals surface area contributed by atoms with Gasteiger partial charge in [-0.05, 0) is 17.7 Å². The van der Waals surface area contributed by atoms with Gasteiger partial charge in [0.2, 0.25) is 0 Å². The molecule has 0 radical (unpaired) electrons. The van der Waals surface area contributed by atoms with Crippen LogP contribution in [0.3, 0.4) is 0 Å². The minimum atomic E-state index is -1.40. The van der Waals surface area contributed by atoms with Crippen molar-refractivity contribution in [2.75, 3.05) is 0 Å². The van der Waals surface area contributed by atoms with Gasteiger partial charge in [-0.15, -0.1) is 11.6 Å². The van der Waals surface area contributed by atoms with Crippen LogP contribution in [-0.2, 0) is 0 Å². The van der Waals surface area contributed by atoms with E-state index in [1.807, 2.05) is 0 Å². The smallest absolute Gasteiger partial charge is 0.191 e. The molecule has 0 saturated heterocycles. The van der Waals surface area contributed by atoms with Crippen molar-refractivity contribution in [3.05, 3.63) is 70.8 Å². The Labute approximate surface area is 116 Å². The Kier molecular flexibility index (Phi) is 4.09. The highest BCUT2D eigenvalue weighted by Crippen LogP contribution is 2.28. The van der Waals surface area contributed by atoms with Crippen LogP contribution >= 0.6 is 11.6 Å². The van der Waals surface area contributed by atoms with E-state index < -0.39 is 40.0 Å². The second kappa shape index (κ2) is 5.63. The van der Waals surface area contributed by atoms with Crippen molar-refractivity contribution in [3.8, 4) is 0 Å². The topological polar surface area (TPSA) is 17.1 Å². The maximum atomic E-state index is 13.5. The van der Waals surface area contributed by atoms with Crippen molar-refractivity contribution in [1.82, 2.24) is 0 Å². The minimum Gasteiger partial charge on any atom is -0.292 e. The van der Waals surface area contributed by atoms with Gasteiger partial charge in [0, 0.05) is 12.1 Å². The highest BCUT2D eigenvalue weighted by atomic mass is 35.5. The van der Waals surface area contributed by atoms with Crippen LogP contribution in [0.25, 0.3) is 0 Å². The molecular weight excluding hydrogens is 296 g/mol. The number of carbonyl (C=O) groups is 1. The molecule has 2 aromatic rings. The molecule has 1 atom stereocenters. The molecule has 0 aliphatic rings. The molecule has 0 aliphatic carbocycles. The van der Waals surface area contributed by atoms with Gasteiger partial charge in [0.25, 0.3) is 0 Å². The van der Waals surface area contributed by atoms with Gasteiger partial charge < -0.3 is 0 Å². The predicted octanol–water partition coefficient (Wildman–Crippen LogP) is 4.41. The zero-order chi connectivity index (χ0) is 14.9. The number of Topliss-reactive ketones (excluding diaryl/α,β-unsaturated/α-hetero) is 1. The molecule has 0 aromatic heterocycles. The summed E-state index contributed by atoms with van der Waals surface area (Å²) in [6.45, 7) is 0. The van der Waals surface area contributed by atoms with Gasteiger partial charge in [0.05, 0.1) is 5.56 Å². The summed E-state index contributed by atoms with van der Waals surface area (Å²) >= 11 is 5.83. The van der Waals surface area contributed by atoms with Gasteiger partial charge in [-0.1, -0.05) is 12.1 Å². The molecule has 2 rings (SSSR count). The van der Waals surface area contributed by atoms with Crippen LogP contribution in [0, 0.1) is 23.3 Å². The lowest BCUT2D eigenvalue weighted by molar-refractivity contribution is 0.0979. The summed E-state index contributed by atoms with van der Waals surface area (Å²) in [5.74, 6) is -5.40. The van der Waals surface area contributed by atoms with E-state index in [4.69, 9.17) is 11.6 Å². The van der Waals surface area contributed by atoms with E-state index in [1.54, 1.807) is 0 Å². The number of hydrogen-bond acceptors (Lipinski definition) is 1. The average molecular weight is 303 g/mol. The summed E-state index contributed by atoms with van der Waals surface area (Å²) in [6, 6.07) is 5.37. The molecule has 6 heteroatoms. The molecule has 1 nitrogen and oxygen atoms in total. The summed E-state index contributed by atoms with van der Waals surface area (Å²) in [5, 5.41) is -1.40. The third kappa shape index (κ3) is 2.82. The number of halogens is 5. The first-order valence-electron chi connectivity index (χ1n) is 5.48. The number of benzene rings is 2. The van der Waals surface area contributed by atoms with E-state index in [2.05, 4.69) is 0 Å². The van der Waals surface area contributed by atoms with Gasteiger partial charge in [0.15, 0.2) is 5.78 Å². The van der Waals surface area contributed by atoms with Crippen LogP contribution in [-0.4, -0.2) is 5.78 Å². The Hall–Kier alpha value is -1.88. The molecular formula is C14H7ClF4O. The SMILES string of the molecule is O=C(c1c(F)cc(F)cc1F)C(Cl)c1ccc(F)cc1. The van der Waals surface area contributed by atoms with Crippen molar-refractivity contribution in [2.24, 2.45) is 0 Å². The van der Waals surface area contributed by atoms with Crippen LogP contribution in [0.5, 0.6) is 0 Å². The van der Waals surface area contributed by atoms with E-state index in [0.29, 0.717) is 12.1 Å². The Morgan fingerprint density at radius 3 is 1.90 bits per heavy atom. The number of hydrogen-bond donors (Lipinski definition) is 0. The van der Waals surface area contributed by atoms with Gasteiger partial charge in [0.1, 0.15) is 28.6 Å². The largest absolute Gasteiger partial charge is 0.292 e. The first-order valence-corrected chi connectivity index (χ1v) is 5.92. The lowest BCUT2D eigenvalue weighted by Crippen LogP contribution is -2.12. The molecule has 0 saturated carbocycles. The zero-order valence-corrected chi connectivity index (χ0v) is 10.6. The Bertz CT molecular complexity index is 632. The normalized spacial score (nSPS) is 12.2. The summed E-state index contributed by atoms with van der Waals surface area (Å²) < 4.78 is 52.5. The lowest BCUT2D eigenvalue weighted by atomic mass is 10.0. The van der Waals surface area contributed by atoms with Gasteiger partial charge in [-0.25, -0.2) is 17.6 Å². The van der Waals surface area contributed by atoms with E-state index in [0.717, 1.165) is 12.1 Å². The van der Waals surface area contributed by atoms with Crippen LogP contribution in [0.2, 0.25) is 0 Å². The zero-order valence-electron chi connectivity index (χ0n) is 9.84. The molecule has 104 valence electrons. The van der Waals surface area contributed by atoms with Crippen LogP contribution in [0.1, 0.15) is 21.3 Å². The summed E-state index contributed by atoms with van der Waals surface area (Å²) in [7, 11) is 0. The number of rotatable bonds is 3. The second-order valence-corrected chi connectivity index (χ2v) is 4.46. The molecule has 0 bridgehead atoms. The van der Waals surface area contributed by atoms with Crippen molar-refractivity contribution in [3.63, 3.8) is 0 Å². The molecule has 0 spiro atoms. The molecule has 0 aliphatic heterocycles. The molecule has 0 fully saturated rings. The maximum absolute atomic E-state index is 13.5.